The summed E-state index contributed by atoms with van der Waals surface area (Å²) < 4.78 is 5.23. The number of benzene rings is 1. The quantitative estimate of drug-likeness (QED) is 0.223. The molecule has 35 heavy (non-hydrogen) atoms. The maximum absolute atomic E-state index is 12.6. The lowest BCUT2D eigenvalue weighted by Gasteiger charge is -2.46. The Morgan fingerprint density at radius 1 is 1.26 bits per heavy atom. The lowest BCUT2D eigenvalue weighted by molar-refractivity contribution is -0.163. The van der Waals surface area contributed by atoms with E-state index in [4.69, 9.17) is 4.74 Å². The summed E-state index contributed by atoms with van der Waals surface area (Å²) in [5, 5.41) is 41.3. The zero-order valence-corrected chi connectivity index (χ0v) is 20.8. The van der Waals surface area contributed by atoms with Crippen LogP contribution in [-0.2, 0) is 16.1 Å². The third kappa shape index (κ3) is 5.07. The second-order valence-electron chi connectivity index (χ2n) is 9.46. The molecule has 11 heteroatoms. The van der Waals surface area contributed by atoms with Crippen LogP contribution < -0.4 is 10.1 Å². The van der Waals surface area contributed by atoms with Crippen LogP contribution in [0, 0.1) is 11.8 Å². The number of fused-ring (bicyclic) bond motifs is 1. The van der Waals surface area contributed by atoms with Gasteiger partial charge in [0.1, 0.15) is 11.4 Å². The highest BCUT2D eigenvalue weighted by atomic mass is 32.2. The summed E-state index contributed by atoms with van der Waals surface area (Å²) in [5.74, 6) is -1.47. The van der Waals surface area contributed by atoms with Crippen LogP contribution in [-0.4, -0.2) is 92.2 Å². The number of aliphatic hydroxyl groups is 3. The molecule has 6 atom stereocenters. The van der Waals surface area contributed by atoms with Crippen molar-refractivity contribution in [3.63, 3.8) is 0 Å². The number of nitrogens with zero attached hydrogens (tertiary/aromatic N) is 2. The summed E-state index contributed by atoms with van der Waals surface area (Å²) in [6.45, 7) is 5.17. The first-order valence-corrected chi connectivity index (χ1v) is 12.6. The number of nitrogens with one attached hydrogen (secondary N) is 1. The Kier molecular flexibility index (Phi) is 7.74. The molecule has 1 amide bonds. The second-order valence-corrected chi connectivity index (χ2v) is 10.8. The number of likely N-dealkylation sites (tertiary alicyclic amines) is 1. The van der Waals surface area contributed by atoms with Gasteiger partial charge in [0, 0.05) is 41.7 Å². The summed E-state index contributed by atoms with van der Waals surface area (Å²) in [5.41, 5.74) is 1.11. The summed E-state index contributed by atoms with van der Waals surface area (Å²) in [6.07, 6.45) is -1.74. The number of thioether (sulfide) groups is 1. The lowest BCUT2D eigenvalue weighted by atomic mass is 9.79. The Bertz CT molecular complexity index is 984. The molecular formula is C24H33N3O7S. The van der Waals surface area contributed by atoms with E-state index in [0.29, 0.717) is 31.0 Å². The molecular weight excluding hydrogens is 474 g/mol. The third-order valence-corrected chi connectivity index (χ3v) is 8.67. The predicted octanol–water partition coefficient (Wildman–Crippen LogP) is 0.383. The largest absolute Gasteiger partial charge is 0.497 e. The van der Waals surface area contributed by atoms with Gasteiger partial charge in [-0.25, -0.2) is 4.79 Å². The number of carboxylic acid groups (broad SMARTS) is 1. The van der Waals surface area contributed by atoms with Gasteiger partial charge in [0.05, 0.1) is 25.2 Å². The summed E-state index contributed by atoms with van der Waals surface area (Å²) in [4.78, 5) is 29.0. The third-order valence-electron chi connectivity index (χ3n) is 7.18. The number of carboxylic acids is 1. The number of amides is 1. The Balaban J connectivity index is 1.52. The highest BCUT2D eigenvalue weighted by Gasteiger charge is 2.60. The van der Waals surface area contributed by atoms with Crippen molar-refractivity contribution in [2.75, 3.05) is 20.2 Å². The van der Waals surface area contributed by atoms with Gasteiger partial charge in [0.2, 0.25) is 12.3 Å². The van der Waals surface area contributed by atoms with E-state index < -0.39 is 24.4 Å². The van der Waals surface area contributed by atoms with Crippen LogP contribution in [0.25, 0.3) is 0 Å². The van der Waals surface area contributed by atoms with Crippen molar-refractivity contribution in [3.05, 3.63) is 40.4 Å². The molecule has 0 aliphatic carbocycles. The van der Waals surface area contributed by atoms with Crippen molar-refractivity contribution < 1.29 is 34.8 Å². The number of hydrogen-bond donors (Lipinski definition) is 5. The van der Waals surface area contributed by atoms with Gasteiger partial charge in [-0.15, -0.1) is 11.8 Å². The van der Waals surface area contributed by atoms with Crippen molar-refractivity contribution >= 4 is 23.6 Å². The van der Waals surface area contributed by atoms with E-state index in [-0.39, 0.29) is 34.9 Å². The van der Waals surface area contributed by atoms with Gasteiger partial charge in [0.25, 0.3) is 0 Å². The average Bonchev–Trinajstić information content (AvgIpc) is 3.29. The van der Waals surface area contributed by atoms with Crippen LogP contribution in [0.4, 0.5) is 0 Å². The fourth-order valence-electron chi connectivity index (χ4n) is 5.49. The minimum Gasteiger partial charge on any atom is -0.497 e. The standard InChI is InChI=1S/C24H33N3O7S/c1-12-19-18(13(2)28)22(29)27(19)20(23(30)31)21(12)35-17-8-15(9-25-24(32)33)26(11-17)10-14-4-6-16(34-3)7-5-14/h4-7,12-13,15,17-19,24-25,28,32-33H,8-11H2,1-3H3,(H,30,31). The van der Waals surface area contributed by atoms with Gasteiger partial charge >= 0.3 is 5.97 Å². The van der Waals surface area contributed by atoms with Gasteiger partial charge in [0.15, 0.2) is 0 Å². The van der Waals surface area contributed by atoms with E-state index in [1.807, 2.05) is 31.2 Å². The van der Waals surface area contributed by atoms with E-state index >= 15 is 0 Å². The number of aliphatic carboxylic acids is 1. The molecule has 5 N–H and O–H groups in total. The van der Waals surface area contributed by atoms with Gasteiger partial charge in [-0.1, -0.05) is 19.1 Å². The SMILES string of the molecule is COc1ccc(CN2CC(SC3=C(C(=O)O)N4C(=O)C(C(C)O)C4C3C)CC2CNC(O)O)cc1. The molecule has 0 spiro atoms. The fraction of sp³-hybridized carbons (Fsp3) is 0.583. The molecule has 1 aromatic rings. The average molecular weight is 508 g/mol. The second kappa shape index (κ2) is 10.5. The first kappa shape index (κ1) is 25.9. The van der Waals surface area contributed by atoms with Crippen LogP contribution >= 0.6 is 11.8 Å². The van der Waals surface area contributed by atoms with E-state index in [2.05, 4.69) is 10.2 Å². The molecule has 3 heterocycles. The van der Waals surface area contributed by atoms with Crippen LogP contribution in [0.5, 0.6) is 5.75 Å². The van der Waals surface area contributed by atoms with Crippen LogP contribution in [0.3, 0.4) is 0 Å². The number of β-lactam (4-membered cyclic amide) rings is 1. The molecule has 3 aliphatic heterocycles. The number of hydrogen-bond acceptors (Lipinski definition) is 9. The van der Waals surface area contributed by atoms with E-state index in [1.165, 1.54) is 16.7 Å². The molecule has 0 radical (unpaired) electrons. The lowest BCUT2D eigenvalue weighted by Crippen LogP contribution is -2.63. The predicted molar refractivity (Wildman–Crippen MR) is 129 cm³/mol. The summed E-state index contributed by atoms with van der Waals surface area (Å²) >= 11 is 1.49. The first-order chi connectivity index (χ1) is 16.6. The zero-order chi connectivity index (χ0) is 25.4. The molecule has 10 nitrogen and oxygen atoms in total. The number of ether oxygens (including phenoxy) is 1. The van der Waals surface area contributed by atoms with Crippen molar-refractivity contribution in [1.29, 1.82) is 0 Å². The molecule has 1 aromatic carbocycles. The Labute approximate surface area is 208 Å². The maximum Gasteiger partial charge on any atom is 0.353 e. The fourth-order valence-corrected chi connectivity index (χ4v) is 7.09. The minimum atomic E-state index is -1.62. The highest BCUT2D eigenvalue weighted by molar-refractivity contribution is 8.03. The van der Waals surface area contributed by atoms with Crippen LogP contribution in [0.15, 0.2) is 34.9 Å². The van der Waals surface area contributed by atoms with Gasteiger partial charge in [-0.05, 0) is 31.0 Å². The van der Waals surface area contributed by atoms with E-state index in [9.17, 15) is 30.0 Å². The van der Waals surface area contributed by atoms with Crippen molar-refractivity contribution in [2.45, 2.75) is 56.7 Å². The van der Waals surface area contributed by atoms with Crippen molar-refractivity contribution in [2.24, 2.45) is 11.8 Å². The number of aliphatic hydroxyl groups excluding tert-OH is 2. The molecule has 6 unspecified atom stereocenters. The van der Waals surface area contributed by atoms with E-state index in [0.717, 1.165) is 11.3 Å². The molecule has 3 aliphatic rings. The molecule has 2 saturated heterocycles. The van der Waals surface area contributed by atoms with Gasteiger partial charge in [-0.2, -0.15) is 0 Å². The Hall–Kier alpha value is -2.15. The summed E-state index contributed by atoms with van der Waals surface area (Å²) in [7, 11) is 1.61. The van der Waals surface area contributed by atoms with Crippen LogP contribution in [0.1, 0.15) is 25.8 Å². The Morgan fingerprint density at radius 3 is 2.51 bits per heavy atom. The normalized spacial score (nSPS) is 29.5. The van der Waals surface area contributed by atoms with Crippen LogP contribution in [0.2, 0.25) is 0 Å². The summed E-state index contributed by atoms with van der Waals surface area (Å²) in [6, 6.07) is 7.43. The molecule has 192 valence electrons. The number of carbonyl (C=O) groups excluding carboxylic acids is 1. The highest BCUT2D eigenvalue weighted by Crippen LogP contribution is 2.52. The van der Waals surface area contributed by atoms with Gasteiger partial charge in [-0.3, -0.25) is 15.0 Å². The van der Waals surface area contributed by atoms with E-state index in [1.54, 1.807) is 14.0 Å². The number of carbonyl (C=O) groups is 2. The number of methoxy groups -OCH3 is 1. The van der Waals surface area contributed by atoms with Gasteiger partial charge < -0.3 is 30.1 Å². The topological polar surface area (TPSA) is 143 Å². The molecule has 0 aromatic heterocycles. The minimum absolute atomic E-state index is 0.00543. The Morgan fingerprint density at radius 2 is 1.94 bits per heavy atom. The number of rotatable bonds is 10. The smallest absolute Gasteiger partial charge is 0.353 e. The molecule has 0 saturated carbocycles. The monoisotopic (exact) mass is 507 g/mol. The maximum atomic E-state index is 12.6. The first-order valence-electron chi connectivity index (χ1n) is 11.7. The molecule has 0 bridgehead atoms. The zero-order valence-electron chi connectivity index (χ0n) is 20.0. The van der Waals surface area contributed by atoms with Crippen molar-refractivity contribution in [1.82, 2.24) is 15.1 Å². The molecule has 2 fully saturated rings. The molecule has 4 rings (SSSR count). The van der Waals surface area contributed by atoms with Crippen molar-refractivity contribution in [3.8, 4) is 5.75 Å².